The monoisotopic (exact) mass is 497 g/mol. The van der Waals surface area contributed by atoms with Crippen molar-refractivity contribution in [3.8, 4) is 0 Å². The molecule has 0 spiro atoms. The van der Waals surface area contributed by atoms with Gasteiger partial charge in [0.05, 0.1) is 5.44 Å². The van der Waals surface area contributed by atoms with E-state index in [9.17, 15) is 28.0 Å². The van der Waals surface area contributed by atoms with Crippen LogP contribution in [0.5, 0.6) is 0 Å². The number of nitrogens with one attached hydrogen (secondary N) is 1. The Morgan fingerprint density at radius 1 is 1.14 bits per heavy atom. The number of piperidine rings is 1. The third kappa shape index (κ3) is 4.24. The number of carbonyl (C=O) groups excluding carboxylic acids is 4. The predicted molar refractivity (Wildman–Crippen MR) is 132 cm³/mol. The molecule has 4 rings (SSSR count). The van der Waals surface area contributed by atoms with Crippen molar-refractivity contribution in [1.29, 1.82) is 0 Å². The number of alkyl halides is 2. The second-order valence-electron chi connectivity index (χ2n) is 9.12. The molecule has 0 aliphatic carbocycles. The molecule has 178 valence electrons. The van der Waals surface area contributed by atoms with Gasteiger partial charge in [0.25, 0.3) is 11.8 Å². The second-order valence-corrected chi connectivity index (χ2v) is 9.55. The SMILES string of the molecule is BC(NC(=O)C(F)(F)c1ccc(Cl)cc1)c1ccc2c(c1)CN(C1(B)CCC(=O)N(B)C1=O)C2=O. The number of rotatable bonds is 5. The number of hydrogen-bond donors (Lipinski definition) is 1. The molecule has 2 aromatic carbocycles. The first-order valence-corrected chi connectivity index (χ1v) is 11.4. The second kappa shape index (κ2) is 8.82. The molecule has 2 heterocycles. The van der Waals surface area contributed by atoms with E-state index in [-0.39, 0.29) is 36.2 Å². The third-order valence-corrected chi connectivity index (χ3v) is 7.09. The van der Waals surface area contributed by atoms with Crippen LogP contribution in [-0.2, 0) is 26.9 Å². The van der Waals surface area contributed by atoms with Crippen molar-refractivity contribution in [3.05, 3.63) is 69.7 Å². The van der Waals surface area contributed by atoms with E-state index in [4.69, 9.17) is 11.6 Å². The Hall–Kier alpha value is -3.14. The van der Waals surface area contributed by atoms with E-state index in [0.717, 1.165) is 16.9 Å². The van der Waals surface area contributed by atoms with Gasteiger partial charge >= 0.3 is 5.92 Å². The molecule has 0 aromatic heterocycles. The van der Waals surface area contributed by atoms with Crippen LogP contribution in [0, 0.1) is 0 Å². The van der Waals surface area contributed by atoms with Gasteiger partial charge in [-0.15, -0.1) is 0 Å². The standard InChI is InChI=1S/C22H21B3ClF2N3O4/c23-17(29-19(34)22(27,28)13-2-4-14(26)5-3-13)11-1-6-15-12(9-11)10-30(18(15)33)21(24)8-7-16(32)31(25)20(21)35/h1-6,9,17H,7-8,10,23-25H2,(H,29,34). The van der Waals surface area contributed by atoms with Crippen molar-refractivity contribution in [2.75, 3.05) is 0 Å². The number of imide groups is 1. The van der Waals surface area contributed by atoms with Crippen LogP contribution in [0.2, 0.25) is 5.02 Å². The van der Waals surface area contributed by atoms with Gasteiger partial charge < -0.3 is 15.0 Å². The van der Waals surface area contributed by atoms with Crippen molar-refractivity contribution in [1.82, 2.24) is 15.0 Å². The number of benzene rings is 2. The molecule has 2 aromatic rings. The highest BCUT2D eigenvalue weighted by atomic mass is 35.5. The lowest BCUT2D eigenvalue weighted by molar-refractivity contribution is -0.148. The van der Waals surface area contributed by atoms with Gasteiger partial charge in [-0.05, 0) is 35.7 Å². The Kier molecular flexibility index (Phi) is 6.29. The average molecular weight is 497 g/mol. The van der Waals surface area contributed by atoms with Gasteiger partial charge in [0, 0.05) is 35.1 Å². The summed E-state index contributed by atoms with van der Waals surface area (Å²) < 4.78 is 29.3. The molecule has 2 unspecified atom stereocenters. The maximum Gasteiger partial charge on any atom is 0.349 e. The van der Waals surface area contributed by atoms with Crippen LogP contribution >= 0.6 is 11.6 Å². The first kappa shape index (κ1) is 25.0. The number of nitrogens with zero attached hydrogens (tertiary/aromatic N) is 2. The first-order valence-electron chi connectivity index (χ1n) is 11.1. The van der Waals surface area contributed by atoms with E-state index in [2.05, 4.69) is 5.32 Å². The summed E-state index contributed by atoms with van der Waals surface area (Å²) in [7, 11) is 4.61. The number of hydrogen-bond acceptors (Lipinski definition) is 4. The van der Waals surface area contributed by atoms with Gasteiger partial charge in [0.15, 0.2) is 0 Å². The molecular formula is C22H21B3ClF2N3O4. The van der Waals surface area contributed by atoms with Crippen molar-refractivity contribution in [3.63, 3.8) is 0 Å². The number of fused-ring (bicyclic) bond motifs is 1. The lowest BCUT2D eigenvalue weighted by atomic mass is 9.68. The van der Waals surface area contributed by atoms with Crippen LogP contribution < -0.4 is 5.32 Å². The van der Waals surface area contributed by atoms with E-state index in [1.165, 1.54) is 25.0 Å². The molecule has 1 saturated heterocycles. The minimum absolute atomic E-state index is 0.133. The largest absolute Gasteiger partial charge is 0.352 e. The summed E-state index contributed by atoms with van der Waals surface area (Å²) in [6.07, 6.45) is 0.364. The van der Waals surface area contributed by atoms with Crippen LogP contribution in [0.1, 0.15) is 45.8 Å². The van der Waals surface area contributed by atoms with Gasteiger partial charge in [-0.1, -0.05) is 35.9 Å². The van der Waals surface area contributed by atoms with Gasteiger partial charge in [0.2, 0.25) is 19.8 Å². The van der Waals surface area contributed by atoms with E-state index < -0.39 is 34.7 Å². The summed E-state index contributed by atoms with van der Waals surface area (Å²) in [5.41, 5.74) is -0.0972. The van der Waals surface area contributed by atoms with Crippen molar-refractivity contribution < 1.29 is 28.0 Å². The zero-order valence-corrected chi connectivity index (χ0v) is 20.2. The maximum atomic E-state index is 14.7. The molecule has 0 radical (unpaired) electrons. The third-order valence-electron chi connectivity index (χ3n) is 6.83. The summed E-state index contributed by atoms with van der Waals surface area (Å²) in [6, 6.07) is 9.60. The lowest BCUT2D eigenvalue weighted by Gasteiger charge is -2.43. The Bertz CT molecular complexity index is 1250. The van der Waals surface area contributed by atoms with Gasteiger partial charge in [-0.3, -0.25) is 19.2 Å². The Balaban J connectivity index is 1.52. The fraction of sp³-hybridized carbons (Fsp3) is 0.273. The highest BCUT2D eigenvalue weighted by molar-refractivity contribution is 6.38. The molecule has 0 bridgehead atoms. The Labute approximate surface area is 208 Å². The highest BCUT2D eigenvalue weighted by Gasteiger charge is 2.50. The van der Waals surface area contributed by atoms with Crippen molar-refractivity contribution in [2.45, 2.75) is 36.7 Å². The zero-order chi connectivity index (χ0) is 25.7. The normalized spacial score (nSPS) is 21.2. The fourth-order valence-electron chi connectivity index (χ4n) is 4.52. The van der Waals surface area contributed by atoms with Crippen LogP contribution in [0.15, 0.2) is 42.5 Å². The highest BCUT2D eigenvalue weighted by Crippen LogP contribution is 2.35. The van der Waals surface area contributed by atoms with Gasteiger partial charge in [-0.25, -0.2) is 0 Å². The Morgan fingerprint density at radius 3 is 2.46 bits per heavy atom. The van der Waals surface area contributed by atoms with Crippen LogP contribution in [0.4, 0.5) is 8.78 Å². The van der Waals surface area contributed by atoms with Crippen LogP contribution in [0.3, 0.4) is 0 Å². The predicted octanol–water partition coefficient (Wildman–Crippen LogP) is -0.138. The Morgan fingerprint density at radius 2 is 1.80 bits per heavy atom. The van der Waals surface area contributed by atoms with Crippen LogP contribution in [0.25, 0.3) is 0 Å². The molecule has 1 N–H and O–H groups in total. The molecule has 2 aliphatic rings. The van der Waals surface area contributed by atoms with Crippen LogP contribution in [-0.4, -0.2) is 62.5 Å². The van der Waals surface area contributed by atoms with Crippen molar-refractivity contribution in [2.24, 2.45) is 0 Å². The number of halogens is 3. The topological polar surface area (TPSA) is 86.8 Å². The van der Waals surface area contributed by atoms with Crippen molar-refractivity contribution >= 4 is 58.9 Å². The molecule has 2 atom stereocenters. The summed E-state index contributed by atoms with van der Waals surface area (Å²) in [6.45, 7) is 0.133. The molecule has 0 saturated carbocycles. The molecule has 7 nitrogen and oxygen atoms in total. The van der Waals surface area contributed by atoms with E-state index in [1.54, 1.807) is 33.9 Å². The summed E-state index contributed by atoms with van der Waals surface area (Å²) in [5.74, 6) is -7.07. The van der Waals surface area contributed by atoms with E-state index in [0.29, 0.717) is 16.7 Å². The smallest absolute Gasteiger partial charge is 0.349 e. The molecule has 4 amide bonds. The fourth-order valence-corrected chi connectivity index (χ4v) is 4.65. The summed E-state index contributed by atoms with van der Waals surface area (Å²) >= 11 is 5.74. The number of amides is 4. The summed E-state index contributed by atoms with van der Waals surface area (Å²) in [4.78, 5) is 52.7. The van der Waals surface area contributed by atoms with Gasteiger partial charge in [-0.2, -0.15) is 8.78 Å². The molecule has 2 aliphatic heterocycles. The van der Waals surface area contributed by atoms with E-state index >= 15 is 0 Å². The molecule has 35 heavy (non-hydrogen) atoms. The minimum Gasteiger partial charge on any atom is -0.352 e. The molecule has 1 fully saturated rings. The molecule has 13 heteroatoms. The van der Waals surface area contributed by atoms with Gasteiger partial charge in [0.1, 0.15) is 15.7 Å². The maximum absolute atomic E-state index is 14.7. The summed E-state index contributed by atoms with van der Waals surface area (Å²) in [5, 5.41) is 2.61. The number of carbonyl (C=O) groups is 4. The van der Waals surface area contributed by atoms with E-state index in [1.807, 2.05) is 0 Å². The quantitative estimate of drug-likeness (QED) is 0.461. The zero-order valence-electron chi connectivity index (χ0n) is 19.4. The molecular weight excluding hydrogens is 476 g/mol. The minimum atomic E-state index is -3.76. The lowest BCUT2D eigenvalue weighted by Crippen LogP contribution is -2.64. The first-order chi connectivity index (χ1) is 16.4. The average Bonchev–Trinajstić information content (AvgIpc) is 3.17.